The Labute approximate surface area is 125 Å². The van der Waals surface area contributed by atoms with Crippen molar-refractivity contribution >= 4 is 33.0 Å². The molecule has 0 fully saturated rings. The topological polar surface area (TPSA) is 29.3 Å². The fraction of sp³-hybridized carbons (Fsp3) is 0.286. The van der Waals surface area contributed by atoms with E-state index in [9.17, 15) is 4.39 Å². The third-order valence-corrected chi connectivity index (χ3v) is 4.49. The van der Waals surface area contributed by atoms with E-state index < -0.39 is 0 Å². The third kappa shape index (κ3) is 3.55. The number of thiophene rings is 1. The fourth-order valence-electron chi connectivity index (χ4n) is 2.03. The highest BCUT2D eigenvalue weighted by molar-refractivity contribution is 9.11. The smallest absolute Gasteiger partial charge is 0.123 e. The van der Waals surface area contributed by atoms with Crippen molar-refractivity contribution in [2.45, 2.75) is 19.5 Å². The summed E-state index contributed by atoms with van der Waals surface area (Å²) in [6.45, 7) is 2.64. The van der Waals surface area contributed by atoms with Crippen LogP contribution in [-0.2, 0) is 6.54 Å². The molecule has 1 unspecified atom stereocenters. The number of halogens is 2. The van der Waals surface area contributed by atoms with Crippen LogP contribution in [0, 0.1) is 5.82 Å². The van der Waals surface area contributed by atoms with Gasteiger partial charge < -0.3 is 10.6 Å². The monoisotopic (exact) mass is 342 g/mol. The summed E-state index contributed by atoms with van der Waals surface area (Å²) < 4.78 is 14.4. The Morgan fingerprint density at radius 1 is 1.42 bits per heavy atom. The van der Waals surface area contributed by atoms with Crippen LogP contribution in [0.5, 0.6) is 0 Å². The Kier molecular flexibility index (Phi) is 4.60. The van der Waals surface area contributed by atoms with Gasteiger partial charge >= 0.3 is 0 Å². The highest BCUT2D eigenvalue weighted by atomic mass is 79.9. The van der Waals surface area contributed by atoms with Crippen molar-refractivity contribution in [3.63, 3.8) is 0 Å². The molecule has 2 rings (SSSR count). The lowest BCUT2D eigenvalue weighted by atomic mass is 10.1. The van der Waals surface area contributed by atoms with Gasteiger partial charge in [-0.25, -0.2) is 4.39 Å². The molecule has 102 valence electrons. The van der Waals surface area contributed by atoms with Crippen LogP contribution in [-0.4, -0.2) is 7.05 Å². The molecule has 1 aromatic carbocycles. The van der Waals surface area contributed by atoms with Gasteiger partial charge in [0.05, 0.1) is 3.79 Å². The van der Waals surface area contributed by atoms with Gasteiger partial charge in [0.25, 0.3) is 0 Å². The minimum atomic E-state index is -0.247. The van der Waals surface area contributed by atoms with Crippen LogP contribution in [0.3, 0.4) is 0 Å². The zero-order chi connectivity index (χ0) is 14.0. The second kappa shape index (κ2) is 6.03. The molecule has 1 aromatic heterocycles. The summed E-state index contributed by atoms with van der Waals surface area (Å²) >= 11 is 5.12. The van der Waals surface area contributed by atoms with Crippen molar-refractivity contribution in [3.8, 4) is 0 Å². The minimum absolute atomic E-state index is 0.192. The molecule has 19 heavy (non-hydrogen) atoms. The molecule has 0 bridgehead atoms. The largest absolute Gasteiger partial charge is 0.370 e. The first-order chi connectivity index (χ1) is 8.97. The first kappa shape index (κ1) is 14.5. The third-order valence-electron chi connectivity index (χ3n) is 2.93. The molecule has 2 aromatic rings. The molecule has 0 aliphatic rings. The Morgan fingerprint density at radius 2 is 2.16 bits per heavy atom. The molecule has 1 atom stereocenters. The lowest BCUT2D eigenvalue weighted by Gasteiger charge is -2.23. The highest BCUT2D eigenvalue weighted by Crippen LogP contribution is 2.28. The van der Waals surface area contributed by atoms with E-state index in [1.807, 2.05) is 14.0 Å². The Bertz CT molecular complexity index is 568. The number of nitrogens with zero attached hydrogens (tertiary/aromatic N) is 1. The molecule has 0 aliphatic carbocycles. The summed E-state index contributed by atoms with van der Waals surface area (Å²) in [6.07, 6.45) is 0. The van der Waals surface area contributed by atoms with Crippen LogP contribution in [0.15, 0.2) is 33.4 Å². The predicted molar refractivity (Wildman–Crippen MR) is 83.1 cm³/mol. The summed E-state index contributed by atoms with van der Waals surface area (Å²) in [5, 5.41) is 2.11. The molecular formula is C14H16BrFN2S. The number of rotatable bonds is 4. The lowest BCUT2D eigenvalue weighted by Crippen LogP contribution is -2.20. The molecule has 2 nitrogen and oxygen atoms in total. The SMILES string of the molecule is CC(N)c1cc(F)ccc1N(C)Cc1csc(Br)c1. The zero-order valence-corrected chi connectivity index (χ0v) is 13.3. The number of nitrogens with two attached hydrogens (primary N) is 1. The van der Waals surface area contributed by atoms with Gasteiger partial charge in [0, 0.05) is 25.3 Å². The Morgan fingerprint density at radius 3 is 2.74 bits per heavy atom. The average Bonchev–Trinajstić information content (AvgIpc) is 2.74. The fourth-order valence-corrected chi connectivity index (χ4v) is 3.23. The summed E-state index contributed by atoms with van der Waals surface area (Å²) in [5.41, 5.74) is 8.94. The average molecular weight is 343 g/mol. The number of anilines is 1. The first-order valence-electron chi connectivity index (χ1n) is 5.96. The molecule has 0 saturated heterocycles. The molecule has 0 saturated carbocycles. The maximum Gasteiger partial charge on any atom is 0.123 e. The van der Waals surface area contributed by atoms with Gasteiger partial charge in [0.15, 0.2) is 0 Å². The normalized spacial score (nSPS) is 12.5. The van der Waals surface area contributed by atoms with Crippen molar-refractivity contribution in [1.82, 2.24) is 0 Å². The maximum atomic E-state index is 13.3. The predicted octanol–water partition coefficient (Wildman–Crippen LogP) is 4.31. The van der Waals surface area contributed by atoms with Gasteiger partial charge in [-0.3, -0.25) is 0 Å². The quantitative estimate of drug-likeness (QED) is 0.897. The van der Waals surface area contributed by atoms with Gasteiger partial charge in [-0.15, -0.1) is 11.3 Å². The zero-order valence-electron chi connectivity index (χ0n) is 10.9. The van der Waals surface area contributed by atoms with E-state index in [0.717, 1.165) is 21.6 Å². The van der Waals surface area contributed by atoms with Gasteiger partial charge in [0.2, 0.25) is 0 Å². The van der Waals surface area contributed by atoms with Crippen LogP contribution in [0.4, 0.5) is 10.1 Å². The summed E-state index contributed by atoms with van der Waals surface area (Å²) in [4.78, 5) is 2.09. The molecule has 0 amide bonds. The Balaban J connectivity index is 2.25. The van der Waals surface area contributed by atoms with Crippen LogP contribution in [0.2, 0.25) is 0 Å². The van der Waals surface area contributed by atoms with Gasteiger partial charge in [-0.2, -0.15) is 0 Å². The lowest BCUT2D eigenvalue weighted by molar-refractivity contribution is 0.622. The summed E-state index contributed by atoms with van der Waals surface area (Å²) in [5.74, 6) is -0.247. The molecule has 1 heterocycles. The van der Waals surface area contributed by atoms with E-state index in [1.165, 1.54) is 17.7 Å². The Hall–Kier alpha value is -0.910. The molecule has 0 radical (unpaired) electrons. The van der Waals surface area contributed by atoms with E-state index in [-0.39, 0.29) is 11.9 Å². The first-order valence-corrected chi connectivity index (χ1v) is 7.63. The van der Waals surface area contributed by atoms with Crippen molar-refractivity contribution in [2.75, 3.05) is 11.9 Å². The summed E-state index contributed by atoms with van der Waals surface area (Å²) in [7, 11) is 1.99. The molecule has 5 heteroatoms. The number of hydrogen-bond donors (Lipinski definition) is 1. The molecule has 2 N–H and O–H groups in total. The molecule has 0 aliphatic heterocycles. The van der Waals surface area contributed by atoms with Crippen molar-refractivity contribution in [2.24, 2.45) is 5.73 Å². The van der Waals surface area contributed by atoms with Gasteiger partial charge in [-0.05, 0) is 63.6 Å². The summed E-state index contributed by atoms with van der Waals surface area (Å²) in [6, 6.07) is 6.68. The van der Waals surface area contributed by atoms with E-state index >= 15 is 0 Å². The van der Waals surface area contributed by atoms with Crippen molar-refractivity contribution < 1.29 is 4.39 Å². The van der Waals surface area contributed by atoms with E-state index in [2.05, 4.69) is 32.3 Å². The van der Waals surface area contributed by atoms with E-state index in [4.69, 9.17) is 5.73 Å². The minimum Gasteiger partial charge on any atom is -0.370 e. The number of benzene rings is 1. The second-order valence-electron chi connectivity index (χ2n) is 4.61. The molecule has 0 spiro atoms. The van der Waals surface area contributed by atoms with Crippen LogP contribution in [0.1, 0.15) is 24.1 Å². The van der Waals surface area contributed by atoms with E-state index in [1.54, 1.807) is 17.4 Å². The van der Waals surface area contributed by atoms with Gasteiger partial charge in [-0.1, -0.05) is 0 Å². The van der Waals surface area contributed by atoms with Crippen LogP contribution >= 0.6 is 27.3 Å². The standard InChI is InChI=1S/C14H16BrFN2S/c1-9(17)12-6-11(16)3-4-13(12)18(2)7-10-5-14(15)19-8-10/h3-6,8-9H,7,17H2,1-2H3. The number of hydrogen-bond acceptors (Lipinski definition) is 3. The second-order valence-corrected chi connectivity index (χ2v) is 6.90. The maximum absolute atomic E-state index is 13.3. The van der Waals surface area contributed by atoms with Crippen molar-refractivity contribution in [1.29, 1.82) is 0 Å². The van der Waals surface area contributed by atoms with Crippen LogP contribution < -0.4 is 10.6 Å². The van der Waals surface area contributed by atoms with Crippen molar-refractivity contribution in [3.05, 3.63) is 50.4 Å². The van der Waals surface area contributed by atoms with E-state index in [0.29, 0.717) is 0 Å². The highest BCUT2D eigenvalue weighted by Gasteiger charge is 2.12. The molecular weight excluding hydrogens is 327 g/mol. The van der Waals surface area contributed by atoms with Crippen LogP contribution in [0.25, 0.3) is 0 Å². The van der Waals surface area contributed by atoms with Gasteiger partial charge in [0.1, 0.15) is 5.82 Å².